The Kier molecular flexibility index (Phi) is 9.50. The molecule has 0 aliphatic heterocycles. The van der Waals surface area contributed by atoms with Crippen LogP contribution < -0.4 is 15.4 Å². The lowest BCUT2D eigenvalue weighted by molar-refractivity contribution is -0.0503. The van der Waals surface area contributed by atoms with Crippen LogP contribution in [-0.4, -0.2) is 50.1 Å². The van der Waals surface area contributed by atoms with E-state index in [1.807, 2.05) is 6.92 Å². The Labute approximate surface area is 173 Å². The molecule has 3 N–H and O–H groups in total. The third-order valence-electron chi connectivity index (χ3n) is 3.91. The van der Waals surface area contributed by atoms with Gasteiger partial charge in [-0.15, -0.1) is 0 Å². The van der Waals surface area contributed by atoms with Gasteiger partial charge in [-0.2, -0.15) is 8.78 Å². The maximum Gasteiger partial charge on any atom is 0.387 e. The summed E-state index contributed by atoms with van der Waals surface area (Å²) >= 11 is 11.9. The minimum absolute atomic E-state index is 0.00589. The average molecular weight is 440 g/mol. The molecule has 6 nitrogen and oxygen atoms in total. The Morgan fingerprint density at radius 1 is 1.32 bits per heavy atom. The van der Waals surface area contributed by atoms with Crippen LogP contribution >= 0.6 is 23.2 Å². The van der Waals surface area contributed by atoms with E-state index >= 15 is 0 Å². The van der Waals surface area contributed by atoms with Gasteiger partial charge in [-0.05, 0) is 37.8 Å². The molecule has 0 saturated heterocycles. The fourth-order valence-electron chi connectivity index (χ4n) is 2.39. The van der Waals surface area contributed by atoms with E-state index in [1.165, 1.54) is 25.0 Å². The molecular formula is C18H25Cl2F2N3O3. The van der Waals surface area contributed by atoms with Crippen LogP contribution in [0.4, 0.5) is 8.78 Å². The minimum Gasteiger partial charge on any atom is -0.433 e. The van der Waals surface area contributed by atoms with Crippen LogP contribution in [0.15, 0.2) is 17.1 Å². The molecule has 0 radical (unpaired) electrons. The SMILES string of the molecule is CCNC(=NCc1cc(Cl)cc(Cl)c1OC(F)F)NCC(O)COCC1CC1. The van der Waals surface area contributed by atoms with Crippen LogP contribution in [0.5, 0.6) is 5.75 Å². The minimum atomic E-state index is -3.02. The lowest BCUT2D eigenvalue weighted by atomic mass is 10.2. The van der Waals surface area contributed by atoms with Gasteiger partial charge in [-0.25, -0.2) is 4.99 Å². The number of benzene rings is 1. The summed E-state index contributed by atoms with van der Waals surface area (Å²) in [6.07, 6.45) is 1.69. The zero-order valence-electron chi connectivity index (χ0n) is 15.6. The molecule has 10 heteroatoms. The second-order valence-corrected chi connectivity index (χ2v) is 7.31. The first-order valence-corrected chi connectivity index (χ1v) is 9.85. The summed E-state index contributed by atoms with van der Waals surface area (Å²) in [4.78, 5) is 4.32. The quantitative estimate of drug-likeness (QED) is 0.363. The molecule has 1 saturated carbocycles. The number of hydrogen-bond acceptors (Lipinski definition) is 4. The number of ether oxygens (including phenoxy) is 2. The van der Waals surface area contributed by atoms with Gasteiger partial charge in [0.1, 0.15) is 5.75 Å². The number of nitrogens with zero attached hydrogens (tertiary/aromatic N) is 1. The van der Waals surface area contributed by atoms with Crippen LogP contribution in [0.2, 0.25) is 10.0 Å². The molecule has 1 aromatic rings. The molecular weight excluding hydrogens is 415 g/mol. The Morgan fingerprint density at radius 3 is 2.71 bits per heavy atom. The summed E-state index contributed by atoms with van der Waals surface area (Å²) in [7, 11) is 0. The van der Waals surface area contributed by atoms with Gasteiger partial charge in [-0.1, -0.05) is 23.2 Å². The number of alkyl halides is 2. The van der Waals surface area contributed by atoms with Gasteiger partial charge in [-0.3, -0.25) is 0 Å². The van der Waals surface area contributed by atoms with Crippen molar-refractivity contribution in [3.8, 4) is 5.75 Å². The lowest BCUT2D eigenvalue weighted by Crippen LogP contribution is -2.42. The topological polar surface area (TPSA) is 75.1 Å². The monoisotopic (exact) mass is 439 g/mol. The Morgan fingerprint density at radius 2 is 2.07 bits per heavy atom. The molecule has 1 aromatic carbocycles. The van der Waals surface area contributed by atoms with Gasteiger partial charge in [0.15, 0.2) is 5.96 Å². The van der Waals surface area contributed by atoms with Crippen molar-refractivity contribution in [3.05, 3.63) is 27.7 Å². The fourth-order valence-corrected chi connectivity index (χ4v) is 2.97. The highest BCUT2D eigenvalue weighted by molar-refractivity contribution is 6.35. The highest BCUT2D eigenvalue weighted by Gasteiger charge is 2.21. The number of rotatable bonds is 11. The number of guanidine groups is 1. The standard InChI is InChI=1S/C18H25Cl2F2N3O3/c1-2-23-18(25-8-14(26)10-27-9-11-3-4-11)24-7-12-5-13(19)6-15(20)16(12)28-17(21)22/h5-6,11,14,17,26H,2-4,7-10H2,1H3,(H2,23,24,25). The maximum absolute atomic E-state index is 12.7. The summed E-state index contributed by atoms with van der Waals surface area (Å²) in [5.74, 6) is 0.880. The van der Waals surface area contributed by atoms with Crippen molar-refractivity contribution in [1.29, 1.82) is 0 Å². The van der Waals surface area contributed by atoms with E-state index in [4.69, 9.17) is 27.9 Å². The van der Waals surface area contributed by atoms with E-state index < -0.39 is 12.7 Å². The number of nitrogens with one attached hydrogen (secondary N) is 2. The Bertz CT molecular complexity index is 661. The molecule has 0 amide bonds. The van der Waals surface area contributed by atoms with Gasteiger partial charge in [0.25, 0.3) is 0 Å². The molecule has 28 heavy (non-hydrogen) atoms. The van der Waals surface area contributed by atoms with E-state index in [0.29, 0.717) is 30.6 Å². The van der Waals surface area contributed by atoms with Gasteiger partial charge >= 0.3 is 6.61 Å². The normalized spacial score (nSPS) is 15.6. The third kappa shape index (κ3) is 8.34. The molecule has 1 aliphatic carbocycles. The van der Waals surface area contributed by atoms with E-state index in [9.17, 15) is 13.9 Å². The number of aliphatic hydroxyl groups is 1. The van der Waals surface area contributed by atoms with Crippen molar-refractivity contribution in [2.45, 2.75) is 39.0 Å². The van der Waals surface area contributed by atoms with Crippen molar-refractivity contribution < 1.29 is 23.4 Å². The summed E-state index contributed by atoms with van der Waals surface area (Å²) in [5, 5.41) is 16.3. The van der Waals surface area contributed by atoms with E-state index in [-0.39, 0.29) is 35.5 Å². The molecule has 1 fully saturated rings. The van der Waals surface area contributed by atoms with Crippen molar-refractivity contribution in [2.75, 3.05) is 26.3 Å². The van der Waals surface area contributed by atoms with Gasteiger partial charge < -0.3 is 25.2 Å². The van der Waals surface area contributed by atoms with Crippen molar-refractivity contribution in [2.24, 2.45) is 10.9 Å². The predicted octanol–water partition coefficient (Wildman–Crippen LogP) is 3.44. The van der Waals surface area contributed by atoms with E-state index in [1.54, 1.807) is 0 Å². The summed E-state index contributed by atoms with van der Waals surface area (Å²) in [6.45, 7) is 0.593. The molecule has 1 atom stereocenters. The Balaban J connectivity index is 1.95. The highest BCUT2D eigenvalue weighted by atomic mass is 35.5. The van der Waals surface area contributed by atoms with Crippen molar-refractivity contribution >= 4 is 29.2 Å². The first-order chi connectivity index (χ1) is 13.4. The predicted molar refractivity (Wildman–Crippen MR) is 105 cm³/mol. The second-order valence-electron chi connectivity index (χ2n) is 6.47. The van der Waals surface area contributed by atoms with Crippen molar-refractivity contribution in [3.63, 3.8) is 0 Å². The molecule has 0 aromatic heterocycles. The lowest BCUT2D eigenvalue weighted by Gasteiger charge is -2.16. The number of hydrogen-bond donors (Lipinski definition) is 3. The fraction of sp³-hybridized carbons (Fsp3) is 0.611. The number of aliphatic imine (C=N–C) groups is 1. The second kappa shape index (κ2) is 11.6. The zero-order valence-corrected chi connectivity index (χ0v) is 17.1. The van der Waals surface area contributed by atoms with Gasteiger partial charge in [0.05, 0.1) is 24.3 Å². The molecule has 1 aliphatic rings. The molecule has 0 heterocycles. The zero-order chi connectivity index (χ0) is 20.5. The number of halogens is 4. The molecule has 0 spiro atoms. The first-order valence-electron chi connectivity index (χ1n) is 9.09. The van der Waals surface area contributed by atoms with E-state index in [0.717, 1.165) is 0 Å². The molecule has 158 valence electrons. The van der Waals surface area contributed by atoms with Crippen molar-refractivity contribution in [1.82, 2.24) is 10.6 Å². The van der Waals surface area contributed by atoms with Crippen LogP contribution in [0, 0.1) is 5.92 Å². The third-order valence-corrected chi connectivity index (χ3v) is 4.41. The first kappa shape index (κ1) is 22.9. The largest absolute Gasteiger partial charge is 0.433 e. The van der Waals surface area contributed by atoms with Gasteiger partial charge in [0.2, 0.25) is 0 Å². The van der Waals surface area contributed by atoms with Gasteiger partial charge in [0, 0.05) is 30.3 Å². The average Bonchev–Trinajstić information content (AvgIpc) is 3.44. The molecule has 2 rings (SSSR count). The molecule has 0 bridgehead atoms. The summed E-state index contributed by atoms with van der Waals surface area (Å²) in [6, 6.07) is 2.80. The van der Waals surface area contributed by atoms with E-state index in [2.05, 4.69) is 20.4 Å². The highest BCUT2D eigenvalue weighted by Crippen LogP contribution is 2.34. The summed E-state index contributed by atoms with van der Waals surface area (Å²) < 4.78 is 35.3. The Hall–Kier alpha value is -1.35. The van der Waals surface area contributed by atoms with Crippen LogP contribution in [-0.2, 0) is 11.3 Å². The smallest absolute Gasteiger partial charge is 0.387 e. The van der Waals surface area contributed by atoms with Crippen LogP contribution in [0.25, 0.3) is 0 Å². The van der Waals surface area contributed by atoms with Crippen LogP contribution in [0.1, 0.15) is 25.3 Å². The molecule has 1 unspecified atom stereocenters. The summed E-state index contributed by atoms with van der Waals surface area (Å²) in [5.41, 5.74) is 0.323. The van der Waals surface area contributed by atoms with Crippen LogP contribution in [0.3, 0.4) is 0 Å². The number of aliphatic hydroxyl groups excluding tert-OH is 1. The maximum atomic E-state index is 12.7.